The summed E-state index contributed by atoms with van der Waals surface area (Å²) in [5.41, 5.74) is 2.16. The second kappa shape index (κ2) is 7.70. The van der Waals surface area contributed by atoms with Gasteiger partial charge in [-0.3, -0.25) is 9.59 Å². The molecule has 0 aliphatic carbocycles. The molecular formula is C18H20ClN5O2. The molecule has 1 fully saturated rings. The molecule has 8 heteroatoms. The van der Waals surface area contributed by atoms with Crippen molar-refractivity contribution >= 4 is 34.9 Å². The molecule has 1 saturated heterocycles. The number of halogens is 1. The van der Waals surface area contributed by atoms with E-state index in [9.17, 15) is 9.59 Å². The lowest BCUT2D eigenvalue weighted by Gasteiger charge is -2.34. The van der Waals surface area contributed by atoms with E-state index >= 15 is 0 Å². The van der Waals surface area contributed by atoms with Crippen LogP contribution in [0.1, 0.15) is 23.0 Å². The highest BCUT2D eigenvalue weighted by Gasteiger charge is 2.24. The van der Waals surface area contributed by atoms with Crippen molar-refractivity contribution in [3.63, 3.8) is 0 Å². The summed E-state index contributed by atoms with van der Waals surface area (Å²) >= 11 is 6.04. The van der Waals surface area contributed by atoms with Gasteiger partial charge in [-0.05, 0) is 24.6 Å². The van der Waals surface area contributed by atoms with Gasteiger partial charge in [-0.2, -0.15) is 0 Å². The molecule has 26 heavy (non-hydrogen) atoms. The number of amides is 2. The lowest BCUT2D eigenvalue weighted by Crippen LogP contribution is -2.50. The Bertz CT molecular complexity index is 834. The van der Waals surface area contributed by atoms with Gasteiger partial charge in [0.25, 0.3) is 5.91 Å². The van der Waals surface area contributed by atoms with Crippen LogP contribution in [0, 0.1) is 6.92 Å². The molecule has 0 radical (unpaired) electrons. The fraction of sp³-hybridized carbons (Fsp3) is 0.333. The number of carbonyl (C=O) groups is 2. The highest BCUT2D eigenvalue weighted by Crippen LogP contribution is 2.23. The molecule has 2 amide bonds. The predicted molar refractivity (Wildman–Crippen MR) is 99.7 cm³/mol. The van der Waals surface area contributed by atoms with Crippen LogP contribution in [-0.4, -0.2) is 57.8 Å². The van der Waals surface area contributed by atoms with Crippen LogP contribution in [0.4, 0.5) is 11.5 Å². The highest BCUT2D eigenvalue weighted by atomic mass is 35.5. The number of aryl methyl sites for hydroxylation is 1. The Morgan fingerprint density at radius 3 is 2.46 bits per heavy atom. The van der Waals surface area contributed by atoms with Crippen molar-refractivity contribution in [2.24, 2.45) is 0 Å². The van der Waals surface area contributed by atoms with Crippen LogP contribution in [0.2, 0.25) is 5.02 Å². The summed E-state index contributed by atoms with van der Waals surface area (Å²) in [5, 5.41) is 3.79. The third kappa shape index (κ3) is 4.11. The highest BCUT2D eigenvalue weighted by molar-refractivity contribution is 6.30. The van der Waals surface area contributed by atoms with Crippen molar-refractivity contribution in [1.82, 2.24) is 19.8 Å². The average Bonchev–Trinajstić information content (AvgIpc) is 2.64. The van der Waals surface area contributed by atoms with E-state index in [0.29, 0.717) is 42.7 Å². The fourth-order valence-electron chi connectivity index (χ4n) is 2.80. The van der Waals surface area contributed by atoms with Crippen LogP contribution in [0.5, 0.6) is 0 Å². The number of benzene rings is 1. The van der Waals surface area contributed by atoms with Gasteiger partial charge >= 0.3 is 0 Å². The van der Waals surface area contributed by atoms with E-state index in [-0.39, 0.29) is 11.8 Å². The second-order valence-electron chi connectivity index (χ2n) is 6.17. The molecule has 1 aliphatic rings. The Morgan fingerprint density at radius 2 is 1.77 bits per heavy atom. The molecule has 1 aromatic carbocycles. The maximum Gasteiger partial charge on any atom is 0.272 e. The summed E-state index contributed by atoms with van der Waals surface area (Å²) in [6, 6.07) is 7.16. The molecular weight excluding hydrogens is 354 g/mol. The minimum Gasteiger partial charge on any atom is -0.340 e. The monoisotopic (exact) mass is 373 g/mol. The molecule has 3 rings (SSSR count). The number of nitrogens with zero attached hydrogens (tertiary/aromatic N) is 4. The Hall–Kier alpha value is -2.67. The minimum atomic E-state index is -0.165. The van der Waals surface area contributed by atoms with Gasteiger partial charge in [-0.25, -0.2) is 9.97 Å². The molecule has 2 heterocycles. The molecule has 0 atom stereocenters. The number of piperazine rings is 1. The normalized spacial score (nSPS) is 14.3. The van der Waals surface area contributed by atoms with Crippen LogP contribution in [0.3, 0.4) is 0 Å². The van der Waals surface area contributed by atoms with Crippen molar-refractivity contribution in [1.29, 1.82) is 0 Å². The van der Waals surface area contributed by atoms with Gasteiger partial charge in [-0.15, -0.1) is 0 Å². The van der Waals surface area contributed by atoms with E-state index in [1.54, 1.807) is 15.9 Å². The molecule has 0 bridgehead atoms. The average molecular weight is 374 g/mol. The molecule has 0 unspecified atom stereocenters. The molecule has 0 spiro atoms. The lowest BCUT2D eigenvalue weighted by atomic mass is 10.2. The molecule has 136 valence electrons. The van der Waals surface area contributed by atoms with E-state index in [2.05, 4.69) is 15.3 Å². The third-order valence-electron chi connectivity index (χ3n) is 4.36. The van der Waals surface area contributed by atoms with E-state index in [0.717, 1.165) is 11.3 Å². The first-order valence-electron chi connectivity index (χ1n) is 8.34. The van der Waals surface area contributed by atoms with Crippen molar-refractivity contribution in [2.45, 2.75) is 13.8 Å². The van der Waals surface area contributed by atoms with E-state index in [1.807, 2.05) is 25.1 Å². The number of hydrogen-bond donors (Lipinski definition) is 1. The van der Waals surface area contributed by atoms with Crippen molar-refractivity contribution in [3.05, 3.63) is 46.9 Å². The largest absolute Gasteiger partial charge is 0.340 e. The zero-order chi connectivity index (χ0) is 18.7. The zero-order valence-electron chi connectivity index (χ0n) is 14.7. The first-order chi connectivity index (χ1) is 12.4. The van der Waals surface area contributed by atoms with Gasteiger partial charge in [0.15, 0.2) is 0 Å². The number of nitrogens with one attached hydrogen (secondary N) is 1. The Balaban J connectivity index is 1.72. The smallest absolute Gasteiger partial charge is 0.272 e. The molecule has 1 aliphatic heterocycles. The maximum absolute atomic E-state index is 12.7. The molecule has 1 N–H and O–H groups in total. The summed E-state index contributed by atoms with van der Waals surface area (Å²) in [7, 11) is 0. The van der Waals surface area contributed by atoms with E-state index in [4.69, 9.17) is 11.6 Å². The van der Waals surface area contributed by atoms with Crippen LogP contribution >= 0.6 is 11.6 Å². The summed E-state index contributed by atoms with van der Waals surface area (Å²) in [5.74, 6) is 0.389. The summed E-state index contributed by atoms with van der Waals surface area (Å²) in [6.45, 7) is 5.58. The van der Waals surface area contributed by atoms with Crippen LogP contribution < -0.4 is 5.32 Å². The van der Waals surface area contributed by atoms with Crippen LogP contribution in [-0.2, 0) is 4.79 Å². The Labute approximate surface area is 157 Å². The van der Waals surface area contributed by atoms with Crippen molar-refractivity contribution < 1.29 is 9.59 Å². The number of rotatable bonds is 3. The SMILES string of the molecule is CC(=O)N1CCN(C(=O)c2cc(Nc3cc(Cl)ccc3C)ncn2)CC1. The van der Waals surface area contributed by atoms with Gasteiger partial charge in [0.2, 0.25) is 5.91 Å². The topological polar surface area (TPSA) is 78.4 Å². The molecule has 7 nitrogen and oxygen atoms in total. The molecule has 1 aromatic heterocycles. The Kier molecular flexibility index (Phi) is 5.37. The Morgan fingerprint density at radius 1 is 1.08 bits per heavy atom. The van der Waals surface area contributed by atoms with Gasteiger partial charge in [0.05, 0.1) is 0 Å². The summed E-state index contributed by atoms with van der Waals surface area (Å²) < 4.78 is 0. The number of aromatic nitrogens is 2. The zero-order valence-corrected chi connectivity index (χ0v) is 15.5. The predicted octanol–water partition coefficient (Wildman–Crippen LogP) is 2.49. The van der Waals surface area contributed by atoms with Crippen molar-refractivity contribution in [3.8, 4) is 0 Å². The first-order valence-corrected chi connectivity index (χ1v) is 8.72. The maximum atomic E-state index is 12.7. The molecule has 0 saturated carbocycles. The minimum absolute atomic E-state index is 0.0301. The standard InChI is InChI=1S/C18H20ClN5O2/c1-12-3-4-14(19)9-15(12)22-17-10-16(20-11-21-17)18(26)24-7-5-23(6-8-24)13(2)25/h3-4,9-11H,5-8H2,1-2H3,(H,20,21,22). The van der Waals surface area contributed by atoms with Crippen molar-refractivity contribution in [2.75, 3.05) is 31.5 Å². The molecule has 2 aromatic rings. The van der Waals surface area contributed by atoms with Gasteiger partial charge < -0.3 is 15.1 Å². The summed E-state index contributed by atoms with van der Waals surface area (Å²) in [4.78, 5) is 35.8. The van der Waals surface area contributed by atoms with Gasteiger partial charge in [0, 0.05) is 49.9 Å². The van der Waals surface area contributed by atoms with Crippen LogP contribution in [0.15, 0.2) is 30.6 Å². The number of anilines is 2. The van der Waals surface area contributed by atoms with E-state index < -0.39 is 0 Å². The van der Waals surface area contributed by atoms with Gasteiger partial charge in [0.1, 0.15) is 17.8 Å². The first kappa shape index (κ1) is 18.1. The summed E-state index contributed by atoms with van der Waals surface area (Å²) in [6.07, 6.45) is 1.36. The quantitative estimate of drug-likeness (QED) is 0.894. The van der Waals surface area contributed by atoms with E-state index in [1.165, 1.54) is 13.3 Å². The fourth-order valence-corrected chi connectivity index (χ4v) is 2.97. The number of carbonyl (C=O) groups excluding carboxylic acids is 2. The number of hydrogen-bond acceptors (Lipinski definition) is 5. The lowest BCUT2D eigenvalue weighted by molar-refractivity contribution is -0.130. The van der Waals surface area contributed by atoms with Crippen LogP contribution in [0.25, 0.3) is 0 Å². The second-order valence-corrected chi connectivity index (χ2v) is 6.61. The van der Waals surface area contributed by atoms with Gasteiger partial charge in [-0.1, -0.05) is 17.7 Å². The third-order valence-corrected chi connectivity index (χ3v) is 4.60.